The van der Waals surface area contributed by atoms with Gasteiger partial charge in [-0.15, -0.1) is 0 Å². The summed E-state index contributed by atoms with van der Waals surface area (Å²) in [4.78, 5) is 23.6. The lowest BCUT2D eigenvalue weighted by atomic mass is 10.1. The van der Waals surface area contributed by atoms with Gasteiger partial charge in [-0.25, -0.2) is 0 Å². The minimum atomic E-state index is -0.216. The number of rotatable bonds is 8. The van der Waals surface area contributed by atoms with E-state index in [0.29, 0.717) is 42.1 Å². The molecule has 2 aromatic rings. The second-order valence-corrected chi connectivity index (χ2v) is 6.28. The molecule has 26 heavy (non-hydrogen) atoms. The Labute approximate surface area is 158 Å². The van der Waals surface area contributed by atoms with E-state index in [4.69, 9.17) is 16.3 Å². The first-order chi connectivity index (χ1) is 12.5. The fourth-order valence-corrected chi connectivity index (χ4v) is 2.70. The third-order valence-corrected chi connectivity index (χ3v) is 4.28. The molecule has 0 unspecified atom stereocenters. The van der Waals surface area contributed by atoms with E-state index in [2.05, 4.69) is 10.6 Å². The summed E-state index contributed by atoms with van der Waals surface area (Å²) in [5, 5.41) is 5.98. The number of hydrogen-bond acceptors (Lipinski definition) is 3. The molecule has 2 rings (SSSR count). The zero-order valence-corrected chi connectivity index (χ0v) is 15.7. The highest BCUT2D eigenvalue weighted by Crippen LogP contribution is 2.22. The maximum atomic E-state index is 12.3. The lowest BCUT2D eigenvalue weighted by Crippen LogP contribution is -2.26. The van der Waals surface area contributed by atoms with Crippen molar-refractivity contribution in [1.82, 2.24) is 10.6 Å². The van der Waals surface area contributed by atoms with Gasteiger partial charge in [0, 0.05) is 25.0 Å². The molecule has 2 amide bonds. The van der Waals surface area contributed by atoms with Crippen molar-refractivity contribution in [3.63, 3.8) is 0 Å². The van der Waals surface area contributed by atoms with Crippen molar-refractivity contribution in [1.29, 1.82) is 0 Å². The molecular formula is C20H23ClN2O3. The Bertz CT molecular complexity index is 760. The molecular weight excluding hydrogens is 352 g/mol. The third kappa shape index (κ3) is 5.77. The summed E-state index contributed by atoms with van der Waals surface area (Å²) < 4.78 is 5.20. The zero-order valence-electron chi connectivity index (χ0n) is 15.0. The minimum Gasteiger partial charge on any atom is -0.496 e. The summed E-state index contributed by atoms with van der Waals surface area (Å²) in [7, 11) is 3.16. The molecule has 0 aromatic heterocycles. The van der Waals surface area contributed by atoms with E-state index in [1.807, 2.05) is 24.3 Å². The average Bonchev–Trinajstić information content (AvgIpc) is 2.66. The first kappa shape index (κ1) is 19.8. The highest BCUT2D eigenvalue weighted by Gasteiger charge is 2.12. The summed E-state index contributed by atoms with van der Waals surface area (Å²) in [5.41, 5.74) is 2.65. The molecule has 2 N–H and O–H groups in total. The van der Waals surface area contributed by atoms with Crippen LogP contribution in [0, 0.1) is 0 Å². The number of hydrogen-bond donors (Lipinski definition) is 2. The van der Waals surface area contributed by atoms with Crippen LogP contribution in [0.2, 0.25) is 5.02 Å². The number of methoxy groups -OCH3 is 1. The minimum absolute atomic E-state index is 0.0354. The van der Waals surface area contributed by atoms with Crippen LogP contribution in [0.4, 0.5) is 0 Å². The Kier molecular flexibility index (Phi) is 7.48. The molecule has 0 bridgehead atoms. The number of aryl methyl sites for hydroxylation is 1. The van der Waals surface area contributed by atoms with Crippen molar-refractivity contribution in [3.8, 4) is 5.75 Å². The standard InChI is InChI=1S/C20H23ClN2O3/c1-22-19(24)10-7-14-3-5-15(6-4-14)11-12-23-20(25)17-13-16(21)8-9-18(17)26-2/h3-6,8-9,13H,7,10-12H2,1-2H3,(H,22,24)(H,23,25). The molecule has 5 nitrogen and oxygen atoms in total. The molecule has 2 aromatic carbocycles. The number of carbonyl (C=O) groups is 2. The molecule has 0 atom stereocenters. The van der Waals surface area contributed by atoms with Gasteiger partial charge >= 0.3 is 0 Å². The lowest BCUT2D eigenvalue weighted by Gasteiger charge is -2.10. The fraction of sp³-hybridized carbons (Fsp3) is 0.300. The first-order valence-corrected chi connectivity index (χ1v) is 8.81. The number of carbonyl (C=O) groups excluding carboxylic acids is 2. The van der Waals surface area contributed by atoms with E-state index in [0.717, 1.165) is 11.1 Å². The van der Waals surface area contributed by atoms with Crippen LogP contribution in [-0.2, 0) is 17.6 Å². The Morgan fingerprint density at radius 2 is 1.69 bits per heavy atom. The highest BCUT2D eigenvalue weighted by atomic mass is 35.5. The molecule has 0 aliphatic carbocycles. The van der Waals surface area contributed by atoms with Crippen LogP contribution < -0.4 is 15.4 Å². The van der Waals surface area contributed by atoms with Gasteiger partial charge in [-0.05, 0) is 42.2 Å². The van der Waals surface area contributed by atoms with Gasteiger partial charge in [0.05, 0.1) is 12.7 Å². The summed E-state index contributed by atoms with van der Waals surface area (Å²) in [6.07, 6.45) is 1.91. The topological polar surface area (TPSA) is 67.4 Å². The van der Waals surface area contributed by atoms with Gasteiger partial charge in [0.15, 0.2) is 0 Å². The predicted molar refractivity (Wildman–Crippen MR) is 103 cm³/mol. The van der Waals surface area contributed by atoms with E-state index in [-0.39, 0.29) is 11.8 Å². The van der Waals surface area contributed by atoms with Crippen molar-refractivity contribution >= 4 is 23.4 Å². The van der Waals surface area contributed by atoms with Gasteiger partial charge in [-0.3, -0.25) is 9.59 Å². The van der Waals surface area contributed by atoms with Crippen molar-refractivity contribution < 1.29 is 14.3 Å². The Hall–Kier alpha value is -2.53. The van der Waals surface area contributed by atoms with E-state index < -0.39 is 0 Å². The van der Waals surface area contributed by atoms with E-state index >= 15 is 0 Å². The van der Waals surface area contributed by atoms with Crippen molar-refractivity contribution in [2.24, 2.45) is 0 Å². The number of ether oxygens (including phenoxy) is 1. The molecule has 6 heteroatoms. The molecule has 138 valence electrons. The maximum Gasteiger partial charge on any atom is 0.255 e. The Morgan fingerprint density at radius 3 is 2.31 bits per heavy atom. The van der Waals surface area contributed by atoms with Crippen molar-refractivity contribution in [2.75, 3.05) is 20.7 Å². The molecule has 0 saturated heterocycles. The summed E-state index contributed by atoms with van der Waals surface area (Å²) in [6, 6.07) is 13.0. The van der Waals surface area contributed by atoms with Crippen molar-refractivity contribution in [3.05, 3.63) is 64.2 Å². The molecule has 0 spiro atoms. The maximum absolute atomic E-state index is 12.3. The van der Waals surface area contributed by atoms with Crippen LogP contribution in [0.1, 0.15) is 27.9 Å². The van der Waals surface area contributed by atoms with Crippen LogP contribution in [-0.4, -0.2) is 32.5 Å². The second-order valence-electron chi connectivity index (χ2n) is 5.84. The monoisotopic (exact) mass is 374 g/mol. The van der Waals surface area contributed by atoms with Crippen molar-refractivity contribution in [2.45, 2.75) is 19.3 Å². The Morgan fingerprint density at radius 1 is 1.04 bits per heavy atom. The molecule has 0 aliphatic heterocycles. The second kappa shape index (κ2) is 9.82. The average molecular weight is 375 g/mol. The van der Waals surface area contributed by atoms with E-state index in [1.54, 1.807) is 25.2 Å². The largest absolute Gasteiger partial charge is 0.496 e. The molecule has 0 heterocycles. The lowest BCUT2D eigenvalue weighted by molar-refractivity contribution is -0.120. The molecule has 0 fully saturated rings. The highest BCUT2D eigenvalue weighted by molar-refractivity contribution is 6.31. The SMILES string of the molecule is CNC(=O)CCc1ccc(CCNC(=O)c2cc(Cl)ccc2OC)cc1. The number of amides is 2. The fourth-order valence-electron chi connectivity index (χ4n) is 2.53. The zero-order chi connectivity index (χ0) is 18.9. The van der Waals surface area contributed by atoms with Gasteiger partial charge in [0.2, 0.25) is 5.91 Å². The molecule has 0 aliphatic rings. The molecule has 0 saturated carbocycles. The Balaban J connectivity index is 1.85. The smallest absolute Gasteiger partial charge is 0.255 e. The van der Waals surface area contributed by atoms with Gasteiger partial charge in [0.25, 0.3) is 5.91 Å². The van der Waals surface area contributed by atoms with Crippen LogP contribution in [0.3, 0.4) is 0 Å². The van der Waals surface area contributed by atoms with Gasteiger partial charge < -0.3 is 15.4 Å². The van der Waals surface area contributed by atoms with Crippen LogP contribution >= 0.6 is 11.6 Å². The number of benzene rings is 2. The van der Waals surface area contributed by atoms with Crippen LogP contribution in [0.15, 0.2) is 42.5 Å². The summed E-state index contributed by atoms with van der Waals surface area (Å²) >= 11 is 5.96. The number of nitrogens with one attached hydrogen (secondary N) is 2. The third-order valence-electron chi connectivity index (χ3n) is 4.05. The quantitative estimate of drug-likeness (QED) is 0.746. The first-order valence-electron chi connectivity index (χ1n) is 8.43. The summed E-state index contributed by atoms with van der Waals surface area (Å²) in [5.74, 6) is 0.312. The predicted octanol–water partition coefficient (Wildman–Crippen LogP) is 3.00. The normalized spacial score (nSPS) is 10.3. The molecule has 0 radical (unpaired) electrons. The van der Waals surface area contributed by atoms with E-state index in [9.17, 15) is 9.59 Å². The van der Waals surface area contributed by atoms with Gasteiger partial charge in [-0.2, -0.15) is 0 Å². The summed E-state index contributed by atoms with van der Waals surface area (Å²) in [6.45, 7) is 0.506. The number of halogens is 1. The van der Waals surface area contributed by atoms with E-state index in [1.165, 1.54) is 7.11 Å². The van der Waals surface area contributed by atoms with Crippen LogP contribution in [0.25, 0.3) is 0 Å². The van der Waals surface area contributed by atoms with Gasteiger partial charge in [-0.1, -0.05) is 35.9 Å². The van der Waals surface area contributed by atoms with Crippen LogP contribution in [0.5, 0.6) is 5.75 Å². The van der Waals surface area contributed by atoms with Gasteiger partial charge in [0.1, 0.15) is 5.75 Å².